The number of hydrogen-bond acceptors (Lipinski definition) is 5. The van der Waals surface area contributed by atoms with Crippen LogP contribution in [-0.2, 0) is 10.8 Å². The van der Waals surface area contributed by atoms with Crippen LogP contribution in [0.1, 0.15) is 24.8 Å². The Morgan fingerprint density at radius 1 is 1.59 bits per heavy atom. The SMILES string of the molecule is CCNC(C)c1cnc(N2CCS(=O)CC2)s1. The van der Waals surface area contributed by atoms with Crippen LogP contribution in [0.15, 0.2) is 6.20 Å². The number of rotatable bonds is 4. The number of nitrogens with zero attached hydrogens (tertiary/aromatic N) is 2. The molecule has 1 N–H and O–H groups in total. The maximum Gasteiger partial charge on any atom is 0.185 e. The van der Waals surface area contributed by atoms with Crippen molar-refractivity contribution in [3.63, 3.8) is 0 Å². The number of hydrogen-bond donors (Lipinski definition) is 1. The quantitative estimate of drug-likeness (QED) is 0.900. The molecule has 0 aliphatic carbocycles. The van der Waals surface area contributed by atoms with Crippen LogP contribution in [0.3, 0.4) is 0 Å². The summed E-state index contributed by atoms with van der Waals surface area (Å²) in [5, 5.41) is 4.46. The molecule has 1 atom stereocenters. The first-order chi connectivity index (χ1) is 8.20. The third kappa shape index (κ3) is 3.26. The van der Waals surface area contributed by atoms with Crippen molar-refractivity contribution in [2.24, 2.45) is 0 Å². The van der Waals surface area contributed by atoms with E-state index in [1.807, 2.05) is 6.20 Å². The first kappa shape index (κ1) is 13.0. The second-order valence-corrected chi connectivity index (χ2v) is 6.90. The summed E-state index contributed by atoms with van der Waals surface area (Å²) in [6, 6.07) is 0.366. The fraction of sp³-hybridized carbons (Fsp3) is 0.727. The van der Waals surface area contributed by atoms with E-state index in [9.17, 15) is 4.21 Å². The summed E-state index contributed by atoms with van der Waals surface area (Å²) < 4.78 is 11.3. The molecule has 2 heterocycles. The highest BCUT2D eigenvalue weighted by Gasteiger charge is 2.19. The fourth-order valence-electron chi connectivity index (χ4n) is 1.86. The van der Waals surface area contributed by atoms with Gasteiger partial charge in [-0.3, -0.25) is 4.21 Å². The Balaban J connectivity index is 2.00. The van der Waals surface area contributed by atoms with E-state index in [1.54, 1.807) is 11.3 Å². The van der Waals surface area contributed by atoms with Crippen LogP contribution in [0.5, 0.6) is 0 Å². The van der Waals surface area contributed by atoms with Crippen molar-refractivity contribution in [1.29, 1.82) is 0 Å². The minimum atomic E-state index is -0.617. The van der Waals surface area contributed by atoms with Crippen LogP contribution >= 0.6 is 11.3 Å². The minimum absolute atomic E-state index is 0.366. The summed E-state index contributed by atoms with van der Waals surface area (Å²) >= 11 is 1.74. The molecule has 0 saturated carbocycles. The van der Waals surface area contributed by atoms with Crippen molar-refractivity contribution in [1.82, 2.24) is 10.3 Å². The number of aromatic nitrogens is 1. The summed E-state index contributed by atoms with van der Waals surface area (Å²) in [7, 11) is -0.617. The minimum Gasteiger partial charge on any atom is -0.346 e. The highest BCUT2D eigenvalue weighted by molar-refractivity contribution is 7.85. The standard InChI is InChI=1S/C11H19N3OS2/c1-3-12-9(2)10-8-13-11(16-10)14-4-6-17(15)7-5-14/h8-9,12H,3-7H2,1-2H3. The average Bonchev–Trinajstić information content (AvgIpc) is 2.80. The van der Waals surface area contributed by atoms with Crippen molar-refractivity contribution in [2.45, 2.75) is 19.9 Å². The summed E-state index contributed by atoms with van der Waals surface area (Å²) in [4.78, 5) is 7.99. The van der Waals surface area contributed by atoms with E-state index >= 15 is 0 Å². The number of thiazole rings is 1. The van der Waals surface area contributed by atoms with Gasteiger partial charge >= 0.3 is 0 Å². The molecule has 96 valence electrons. The molecule has 0 spiro atoms. The van der Waals surface area contributed by atoms with E-state index in [4.69, 9.17) is 0 Å². The maximum absolute atomic E-state index is 11.3. The Kier molecular flexibility index (Phi) is 4.53. The Morgan fingerprint density at radius 2 is 2.29 bits per heavy atom. The molecule has 1 aliphatic heterocycles. The molecule has 1 aromatic heterocycles. The van der Waals surface area contributed by atoms with Crippen LogP contribution in [0.4, 0.5) is 5.13 Å². The van der Waals surface area contributed by atoms with Gasteiger partial charge < -0.3 is 10.2 Å². The predicted molar refractivity (Wildman–Crippen MR) is 74.3 cm³/mol. The topological polar surface area (TPSA) is 45.2 Å². The Bertz CT molecular complexity index is 384. The van der Waals surface area contributed by atoms with Crippen LogP contribution in [0.2, 0.25) is 0 Å². The van der Waals surface area contributed by atoms with E-state index in [1.165, 1.54) is 4.88 Å². The van der Waals surface area contributed by atoms with E-state index in [2.05, 4.69) is 29.0 Å². The van der Waals surface area contributed by atoms with Gasteiger partial charge in [-0.2, -0.15) is 0 Å². The van der Waals surface area contributed by atoms with Crippen molar-refractivity contribution in [2.75, 3.05) is 36.0 Å². The first-order valence-electron chi connectivity index (χ1n) is 5.99. The van der Waals surface area contributed by atoms with Gasteiger partial charge in [-0.25, -0.2) is 4.98 Å². The molecule has 1 unspecified atom stereocenters. The van der Waals surface area contributed by atoms with Gasteiger partial charge in [0.2, 0.25) is 0 Å². The largest absolute Gasteiger partial charge is 0.346 e. The number of nitrogens with one attached hydrogen (secondary N) is 1. The van der Waals surface area contributed by atoms with Gasteiger partial charge in [-0.15, -0.1) is 11.3 Å². The lowest BCUT2D eigenvalue weighted by atomic mass is 10.3. The van der Waals surface area contributed by atoms with Crippen molar-refractivity contribution >= 4 is 27.3 Å². The molecular weight excluding hydrogens is 254 g/mol. The second kappa shape index (κ2) is 5.93. The first-order valence-corrected chi connectivity index (χ1v) is 8.30. The van der Waals surface area contributed by atoms with Crippen molar-refractivity contribution in [3.05, 3.63) is 11.1 Å². The molecule has 0 bridgehead atoms. The predicted octanol–water partition coefficient (Wildman–Crippen LogP) is 1.38. The zero-order chi connectivity index (χ0) is 12.3. The van der Waals surface area contributed by atoms with E-state index < -0.39 is 10.8 Å². The van der Waals surface area contributed by atoms with Gasteiger partial charge in [0, 0.05) is 52.5 Å². The molecular formula is C11H19N3OS2. The van der Waals surface area contributed by atoms with Gasteiger partial charge in [0.1, 0.15) is 0 Å². The van der Waals surface area contributed by atoms with Crippen LogP contribution in [-0.4, -0.2) is 40.3 Å². The highest BCUT2D eigenvalue weighted by atomic mass is 32.2. The molecule has 0 radical (unpaired) electrons. The van der Waals surface area contributed by atoms with Crippen LogP contribution in [0, 0.1) is 0 Å². The third-order valence-electron chi connectivity index (χ3n) is 2.90. The molecule has 6 heteroatoms. The van der Waals surface area contributed by atoms with Gasteiger partial charge in [0.15, 0.2) is 5.13 Å². The number of anilines is 1. The van der Waals surface area contributed by atoms with E-state index in [0.29, 0.717) is 6.04 Å². The normalized spacial score (nSPS) is 19.5. The zero-order valence-electron chi connectivity index (χ0n) is 10.3. The van der Waals surface area contributed by atoms with Crippen molar-refractivity contribution < 1.29 is 4.21 Å². The molecule has 0 aromatic carbocycles. The second-order valence-electron chi connectivity index (χ2n) is 4.16. The Labute approximate surface area is 109 Å². The molecule has 4 nitrogen and oxygen atoms in total. The molecule has 1 aromatic rings. The van der Waals surface area contributed by atoms with Crippen molar-refractivity contribution in [3.8, 4) is 0 Å². The maximum atomic E-state index is 11.3. The van der Waals surface area contributed by atoms with E-state index in [-0.39, 0.29) is 0 Å². The van der Waals surface area contributed by atoms with Gasteiger partial charge in [-0.05, 0) is 13.5 Å². The summed E-state index contributed by atoms with van der Waals surface area (Å²) in [5.41, 5.74) is 0. The smallest absolute Gasteiger partial charge is 0.185 e. The van der Waals surface area contributed by atoms with Crippen LogP contribution < -0.4 is 10.2 Å². The van der Waals surface area contributed by atoms with Gasteiger partial charge in [0.25, 0.3) is 0 Å². The molecule has 17 heavy (non-hydrogen) atoms. The lowest BCUT2D eigenvalue weighted by Crippen LogP contribution is -2.37. The van der Waals surface area contributed by atoms with Crippen LogP contribution in [0.25, 0.3) is 0 Å². The molecule has 1 fully saturated rings. The lowest BCUT2D eigenvalue weighted by molar-refractivity contribution is 0.606. The fourth-order valence-corrected chi connectivity index (χ4v) is 3.90. The Hall–Kier alpha value is -0.460. The summed E-state index contributed by atoms with van der Waals surface area (Å²) in [5.74, 6) is 1.55. The third-order valence-corrected chi connectivity index (χ3v) is 5.41. The molecule has 1 saturated heterocycles. The van der Waals surface area contributed by atoms with Gasteiger partial charge in [-0.1, -0.05) is 6.92 Å². The molecule has 2 rings (SSSR count). The Morgan fingerprint density at radius 3 is 2.94 bits per heavy atom. The monoisotopic (exact) mass is 273 g/mol. The summed E-state index contributed by atoms with van der Waals surface area (Å²) in [6.45, 7) is 6.98. The summed E-state index contributed by atoms with van der Waals surface area (Å²) in [6.07, 6.45) is 1.96. The lowest BCUT2D eigenvalue weighted by Gasteiger charge is -2.25. The van der Waals surface area contributed by atoms with E-state index in [0.717, 1.165) is 36.3 Å². The average molecular weight is 273 g/mol. The molecule has 1 aliphatic rings. The van der Waals surface area contributed by atoms with Gasteiger partial charge in [0.05, 0.1) is 0 Å². The molecule has 0 amide bonds. The highest BCUT2D eigenvalue weighted by Crippen LogP contribution is 2.27. The zero-order valence-corrected chi connectivity index (χ0v) is 11.9.